The number of nitrogens with zero attached hydrogens (tertiary/aromatic N) is 1. The zero-order valence-electron chi connectivity index (χ0n) is 24.2. The van der Waals surface area contributed by atoms with Crippen LogP contribution in [0.5, 0.6) is 11.5 Å². The van der Waals surface area contributed by atoms with Crippen molar-refractivity contribution in [2.75, 3.05) is 24.7 Å². The number of para-hydroxylation sites is 1. The average molecular weight is 504 g/mol. The molecular formula is C33H45NO3. The Labute approximate surface area is 223 Å². The fourth-order valence-electron chi connectivity index (χ4n) is 4.87. The van der Waals surface area contributed by atoms with Crippen LogP contribution >= 0.6 is 0 Å². The van der Waals surface area contributed by atoms with Crippen molar-refractivity contribution in [3.63, 3.8) is 0 Å². The van der Waals surface area contributed by atoms with Gasteiger partial charge in [-0.2, -0.15) is 0 Å². The lowest BCUT2D eigenvalue weighted by Crippen LogP contribution is -2.22. The second-order valence-electron chi connectivity index (χ2n) is 12.1. The van der Waals surface area contributed by atoms with Gasteiger partial charge in [-0.15, -0.1) is 0 Å². The highest BCUT2D eigenvalue weighted by atomic mass is 16.5. The molecule has 0 heterocycles. The van der Waals surface area contributed by atoms with Crippen molar-refractivity contribution in [2.45, 2.75) is 79.6 Å². The van der Waals surface area contributed by atoms with Gasteiger partial charge in [0.1, 0.15) is 11.5 Å². The van der Waals surface area contributed by atoms with E-state index >= 15 is 0 Å². The van der Waals surface area contributed by atoms with Gasteiger partial charge >= 0.3 is 0 Å². The molecule has 0 atom stereocenters. The third-order valence-electron chi connectivity index (χ3n) is 6.75. The fourth-order valence-corrected chi connectivity index (χ4v) is 4.87. The summed E-state index contributed by atoms with van der Waals surface area (Å²) in [6.07, 6.45) is 0.799. The van der Waals surface area contributed by atoms with Gasteiger partial charge in [-0.25, -0.2) is 0 Å². The van der Waals surface area contributed by atoms with Crippen LogP contribution in [0.1, 0.15) is 77.1 Å². The minimum absolute atomic E-state index is 0.201. The molecule has 0 spiro atoms. The minimum Gasteiger partial charge on any atom is -0.507 e. The molecule has 3 aromatic rings. The molecule has 0 fully saturated rings. The molecule has 3 aromatic carbocycles. The normalized spacial score (nSPS) is 12.1. The van der Waals surface area contributed by atoms with Crippen LogP contribution in [-0.4, -0.2) is 30.0 Å². The van der Waals surface area contributed by atoms with Gasteiger partial charge in [0.25, 0.3) is 0 Å². The van der Waals surface area contributed by atoms with E-state index in [1.165, 1.54) is 0 Å². The zero-order valence-corrected chi connectivity index (χ0v) is 24.2. The van der Waals surface area contributed by atoms with Crippen molar-refractivity contribution < 1.29 is 14.9 Å². The monoisotopic (exact) mass is 503 g/mol. The predicted octanol–water partition coefficient (Wildman–Crippen LogP) is 8.54. The Balaban J connectivity index is 2.28. The van der Waals surface area contributed by atoms with Crippen molar-refractivity contribution in [1.29, 1.82) is 0 Å². The second kappa shape index (κ2) is 11.2. The minimum atomic E-state index is -0.211. The predicted molar refractivity (Wildman–Crippen MR) is 157 cm³/mol. The van der Waals surface area contributed by atoms with E-state index in [0.717, 1.165) is 51.2 Å². The van der Waals surface area contributed by atoms with E-state index in [0.29, 0.717) is 31.3 Å². The summed E-state index contributed by atoms with van der Waals surface area (Å²) < 4.78 is 5.66. The fraction of sp³-hybridized carbons (Fsp3) is 0.455. The van der Waals surface area contributed by atoms with Crippen LogP contribution in [0.25, 0.3) is 11.1 Å². The van der Waals surface area contributed by atoms with Gasteiger partial charge in [-0.05, 0) is 67.3 Å². The number of hydrogen-bond acceptors (Lipinski definition) is 4. The van der Waals surface area contributed by atoms with Crippen LogP contribution in [-0.2, 0) is 15.6 Å². The summed E-state index contributed by atoms with van der Waals surface area (Å²) in [4.78, 5) is 2.18. The maximum atomic E-state index is 11.6. The molecule has 0 aromatic heterocycles. The number of ether oxygens (including phenoxy) is 1. The lowest BCUT2D eigenvalue weighted by Gasteiger charge is -2.32. The lowest BCUT2D eigenvalue weighted by molar-refractivity contribution is 0.146. The Hall–Kier alpha value is -2.98. The number of hydrogen-bond donors (Lipinski definition) is 2. The quantitative estimate of drug-likeness (QED) is 0.302. The molecule has 0 amide bonds. The Morgan fingerprint density at radius 3 is 1.89 bits per heavy atom. The summed E-state index contributed by atoms with van der Waals surface area (Å²) in [6, 6.07) is 16.4. The van der Waals surface area contributed by atoms with Crippen molar-refractivity contribution in [1.82, 2.24) is 0 Å². The summed E-state index contributed by atoms with van der Waals surface area (Å²) in [6.45, 7) is 20.9. The first-order valence-electron chi connectivity index (χ1n) is 13.4. The van der Waals surface area contributed by atoms with E-state index in [-0.39, 0.29) is 10.8 Å². The van der Waals surface area contributed by atoms with E-state index < -0.39 is 0 Å². The molecule has 37 heavy (non-hydrogen) atoms. The molecule has 3 rings (SSSR count). The van der Waals surface area contributed by atoms with E-state index in [2.05, 4.69) is 96.7 Å². The molecule has 4 nitrogen and oxygen atoms in total. The molecule has 0 aliphatic rings. The Morgan fingerprint density at radius 1 is 0.730 bits per heavy atom. The molecule has 0 aliphatic carbocycles. The number of aromatic hydroxyl groups is 2. The summed E-state index contributed by atoms with van der Waals surface area (Å²) in [5.41, 5.74) is 7.09. The Bertz CT molecular complexity index is 1230. The molecule has 0 saturated heterocycles. The standard InChI is InChI=1S/C33H45NO3/c1-10-37-17-13-16-34(29-21-23(3)20-27(31(29)36)33(7,8)9)28-15-12-11-14-24(28)25-18-22(2)19-26(30(25)35)32(4,5)6/h11-12,14-15,18-21,35-36H,10,13,16-17H2,1-9H3. The first-order chi connectivity index (χ1) is 17.3. The zero-order chi connectivity index (χ0) is 27.5. The Kier molecular flexibility index (Phi) is 8.64. The van der Waals surface area contributed by atoms with Crippen molar-refractivity contribution >= 4 is 11.4 Å². The van der Waals surface area contributed by atoms with Crippen LogP contribution in [0.15, 0.2) is 48.5 Å². The molecule has 0 unspecified atom stereocenters. The van der Waals surface area contributed by atoms with Crippen LogP contribution < -0.4 is 4.90 Å². The molecule has 0 aliphatic heterocycles. The molecule has 200 valence electrons. The van der Waals surface area contributed by atoms with Crippen LogP contribution in [0, 0.1) is 13.8 Å². The second-order valence-corrected chi connectivity index (χ2v) is 12.1. The number of phenolic OH excluding ortho intramolecular Hbond substituents is 2. The van der Waals surface area contributed by atoms with Gasteiger partial charge in [-0.3, -0.25) is 0 Å². The van der Waals surface area contributed by atoms with Crippen molar-refractivity contribution in [2.24, 2.45) is 0 Å². The third kappa shape index (κ3) is 6.48. The first kappa shape index (κ1) is 28.6. The van der Waals surface area contributed by atoms with Crippen molar-refractivity contribution in [3.05, 3.63) is 70.8 Å². The maximum absolute atomic E-state index is 11.6. The van der Waals surface area contributed by atoms with E-state index in [1.54, 1.807) is 0 Å². The van der Waals surface area contributed by atoms with Crippen molar-refractivity contribution in [3.8, 4) is 22.6 Å². The highest BCUT2D eigenvalue weighted by molar-refractivity contribution is 5.87. The van der Waals surface area contributed by atoms with Crippen LogP contribution in [0.2, 0.25) is 0 Å². The number of phenols is 2. The molecular weight excluding hydrogens is 458 g/mol. The number of benzene rings is 3. The average Bonchev–Trinajstić information content (AvgIpc) is 2.80. The third-order valence-corrected chi connectivity index (χ3v) is 6.75. The topological polar surface area (TPSA) is 52.9 Å². The van der Waals surface area contributed by atoms with Gasteiger partial charge in [0.2, 0.25) is 0 Å². The highest BCUT2D eigenvalue weighted by Gasteiger charge is 2.27. The van der Waals surface area contributed by atoms with E-state index in [1.807, 2.05) is 19.1 Å². The molecule has 2 N–H and O–H groups in total. The number of aryl methyl sites for hydroxylation is 2. The lowest BCUT2D eigenvalue weighted by atomic mass is 9.83. The molecule has 0 radical (unpaired) electrons. The van der Waals surface area contributed by atoms with Gasteiger partial charge < -0.3 is 19.8 Å². The SMILES string of the molecule is CCOCCCN(c1ccccc1-c1cc(C)cc(C(C)(C)C)c1O)c1cc(C)cc(C(C)(C)C)c1O. The molecule has 0 saturated carbocycles. The van der Waals surface area contributed by atoms with Gasteiger partial charge in [0.15, 0.2) is 0 Å². The van der Waals surface area contributed by atoms with E-state index in [9.17, 15) is 10.2 Å². The van der Waals surface area contributed by atoms with E-state index in [4.69, 9.17) is 4.74 Å². The first-order valence-corrected chi connectivity index (χ1v) is 13.4. The smallest absolute Gasteiger partial charge is 0.142 e. The van der Waals surface area contributed by atoms with Crippen LogP contribution in [0.4, 0.5) is 11.4 Å². The molecule has 0 bridgehead atoms. The number of rotatable bonds is 8. The summed E-state index contributed by atoms with van der Waals surface area (Å²) >= 11 is 0. The molecule has 4 heteroatoms. The van der Waals surface area contributed by atoms with Gasteiger partial charge in [-0.1, -0.05) is 71.9 Å². The summed E-state index contributed by atoms with van der Waals surface area (Å²) in [5.74, 6) is 0.608. The van der Waals surface area contributed by atoms with Gasteiger partial charge in [0.05, 0.1) is 5.69 Å². The number of anilines is 2. The van der Waals surface area contributed by atoms with Gasteiger partial charge in [0, 0.05) is 47.7 Å². The summed E-state index contributed by atoms with van der Waals surface area (Å²) in [7, 11) is 0. The summed E-state index contributed by atoms with van der Waals surface area (Å²) in [5, 5.41) is 23.1. The van der Waals surface area contributed by atoms with Crippen LogP contribution in [0.3, 0.4) is 0 Å². The largest absolute Gasteiger partial charge is 0.507 e. The Morgan fingerprint density at radius 2 is 1.30 bits per heavy atom. The maximum Gasteiger partial charge on any atom is 0.142 e. The highest BCUT2D eigenvalue weighted by Crippen LogP contribution is 2.47.